The Morgan fingerprint density at radius 2 is 1.95 bits per heavy atom. The van der Waals surface area contributed by atoms with E-state index in [1.54, 1.807) is 17.2 Å². The van der Waals surface area contributed by atoms with Crippen LogP contribution in [-0.4, -0.2) is 6.29 Å². The molecule has 1 aliphatic carbocycles. The number of aldehydes is 1. The van der Waals surface area contributed by atoms with Crippen LogP contribution in [0.25, 0.3) is 0 Å². The minimum Gasteiger partial charge on any atom is -0.299 e. The maximum absolute atomic E-state index is 10.4. The van der Waals surface area contributed by atoms with Crippen LogP contribution in [0.1, 0.15) is 66.7 Å². The Bertz CT molecular complexity index is 484. The zero-order valence-electron chi connectivity index (χ0n) is 14.3. The summed E-state index contributed by atoms with van der Waals surface area (Å²) in [6, 6.07) is 0. The molecule has 0 radical (unpaired) electrons. The molecular weight excluding hydrogens is 256 g/mol. The molecule has 0 aromatic heterocycles. The van der Waals surface area contributed by atoms with Gasteiger partial charge in [-0.1, -0.05) is 48.8 Å². The number of hydrogen-bond donors (Lipinski definition) is 0. The molecule has 0 saturated carbocycles. The van der Waals surface area contributed by atoms with E-state index in [4.69, 9.17) is 0 Å². The Hall–Kier alpha value is -1.37. The summed E-state index contributed by atoms with van der Waals surface area (Å²) < 4.78 is 0. The van der Waals surface area contributed by atoms with Crippen molar-refractivity contribution in [2.24, 2.45) is 5.41 Å². The van der Waals surface area contributed by atoms with Gasteiger partial charge < -0.3 is 0 Å². The molecule has 116 valence electrons. The summed E-state index contributed by atoms with van der Waals surface area (Å²) in [5.74, 6) is 0. The molecule has 0 atom stereocenters. The van der Waals surface area contributed by atoms with Crippen LogP contribution >= 0.6 is 0 Å². The van der Waals surface area contributed by atoms with E-state index in [-0.39, 0.29) is 0 Å². The third-order valence-corrected chi connectivity index (χ3v) is 4.53. The maximum Gasteiger partial charge on any atom is 0.143 e. The molecule has 0 amide bonds. The second-order valence-corrected chi connectivity index (χ2v) is 6.92. The number of carbonyl (C=O) groups excluding carboxylic acids is 1. The van der Waals surface area contributed by atoms with Gasteiger partial charge in [0.2, 0.25) is 0 Å². The highest BCUT2D eigenvalue weighted by molar-refractivity contribution is 5.66. The van der Waals surface area contributed by atoms with Gasteiger partial charge in [-0.25, -0.2) is 0 Å². The fourth-order valence-electron chi connectivity index (χ4n) is 3.16. The summed E-state index contributed by atoms with van der Waals surface area (Å²) in [5, 5.41) is 0. The van der Waals surface area contributed by atoms with E-state index in [0.29, 0.717) is 5.41 Å². The molecule has 21 heavy (non-hydrogen) atoms. The number of carbonyl (C=O) groups is 1. The van der Waals surface area contributed by atoms with Crippen molar-refractivity contribution in [1.29, 1.82) is 0 Å². The van der Waals surface area contributed by atoms with Gasteiger partial charge in [0.15, 0.2) is 0 Å². The fourth-order valence-corrected chi connectivity index (χ4v) is 3.16. The summed E-state index contributed by atoms with van der Waals surface area (Å²) in [6.07, 6.45) is 14.8. The van der Waals surface area contributed by atoms with E-state index in [1.165, 1.54) is 31.3 Å². The lowest BCUT2D eigenvalue weighted by atomic mass is 9.71. The lowest BCUT2D eigenvalue weighted by molar-refractivity contribution is -0.104. The molecule has 0 aliphatic heterocycles. The van der Waals surface area contributed by atoms with E-state index < -0.39 is 0 Å². The largest absolute Gasteiger partial charge is 0.299 e. The summed E-state index contributed by atoms with van der Waals surface area (Å²) in [4.78, 5) is 10.4. The summed E-state index contributed by atoms with van der Waals surface area (Å²) in [5.41, 5.74) is 6.04. The highest BCUT2D eigenvalue weighted by Crippen LogP contribution is 2.42. The molecule has 1 aliphatic rings. The normalized spacial score (nSPS) is 20.2. The van der Waals surface area contributed by atoms with Gasteiger partial charge in [0.1, 0.15) is 6.29 Å². The maximum atomic E-state index is 10.4. The molecular formula is C20H30O. The lowest BCUT2D eigenvalue weighted by Crippen LogP contribution is -2.20. The zero-order chi connectivity index (χ0) is 15.9. The highest BCUT2D eigenvalue weighted by Gasteiger charge is 2.27. The first kappa shape index (κ1) is 17.7. The Kier molecular flexibility index (Phi) is 6.87. The number of rotatable bonds is 6. The molecule has 0 N–H and O–H groups in total. The molecule has 1 rings (SSSR count). The van der Waals surface area contributed by atoms with Crippen molar-refractivity contribution in [1.82, 2.24) is 0 Å². The van der Waals surface area contributed by atoms with Crippen LogP contribution in [0, 0.1) is 5.41 Å². The molecule has 0 fully saturated rings. The van der Waals surface area contributed by atoms with Crippen LogP contribution < -0.4 is 0 Å². The van der Waals surface area contributed by atoms with Gasteiger partial charge in [-0.15, -0.1) is 0 Å². The summed E-state index contributed by atoms with van der Waals surface area (Å²) in [6.45, 7) is 11.2. The van der Waals surface area contributed by atoms with E-state index in [9.17, 15) is 4.79 Å². The predicted molar refractivity (Wildman–Crippen MR) is 92.3 cm³/mol. The zero-order valence-corrected chi connectivity index (χ0v) is 14.3. The summed E-state index contributed by atoms with van der Waals surface area (Å²) >= 11 is 0. The van der Waals surface area contributed by atoms with Crippen molar-refractivity contribution < 1.29 is 4.79 Å². The van der Waals surface area contributed by atoms with Crippen molar-refractivity contribution in [3.63, 3.8) is 0 Å². The Labute approximate surface area is 130 Å². The van der Waals surface area contributed by atoms with Gasteiger partial charge in [-0.05, 0) is 69.9 Å². The fraction of sp³-hybridized carbons (Fsp3) is 0.550. The molecule has 0 aromatic carbocycles. The van der Waals surface area contributed by atoms with Crippen LogP contribution in [0.15, 0.2) is 46.6 Å². The van der Waals surface area contributed by atoms with Crippen molar-refractivity contribution in [2.75, 3.05) is 0 Å². The molecule has 0 unspecified atom stereocenters. The smallest absolute Gasteiger partial charge is 0.143 e. The van der Waals surface area contributed by atoms with Crippen molar-refractivity contribution >= 4 is 6.29 Å². The second-order valence-electron chi connectivity index (χ2n) is 6.92. The summed E-state index contributed by atoms with van der Waals surface area (Å²) in [7, 11) is 0. The van der Waals surface area contributed by atoms with Crippen LogP contribution in [0.5, 0.6) is 0 Å². The third-order valence-electron chi connectivity index (χ3n) is 4.53. The first-order chi connectivity index (χ1) is 9.86. The number of allylic oxidation sites excluding steroid dienone is 8. The first-order valence-corrected chi connectivity index (χ1v) is 8.02. The van der Waals surface area contributed by atoms with Crippen molar-refractivity contribution in [3.05, 3.63) is 46.6 Å². The average Bonchev–Trinajstić information content (AvgIpc) is 2.37. The molecule has 0 spiro atoms. The van der Waals surface area contributed by atoms with Crippen molar-refractivity contribution in [3.8, 4) is 0 Å². The van der Waals surface area contributed by atoms with E-state index in [0.717, 1.165) is 18.3 Å². The lowest BCUT2D eigenvalue weighted by Gasteiger charge is -2.34. The van der Waals surface area contributed by atoms with Crippen LogP contribution in [-0.2, 0) is 4.79 Å². The minimum absolute atomic E-state index is 0.377. The van der Waals surface area contributed by atoms with E-state index in [2.05, 4.69) is 33.8 Å². The molecule has 1 nitrogen and oxygen atoms in total. The van der Waals surface area contributed by atoms with Crippen LogP contribution in [0.4, 0.5) is 0 Å². The average molecular weight is 286 g/mol. The predicted octanol–water partition coefficient (Wildman–Crippen LogP) is 5.94. The highest BCUT2D eigenvalue weighted by atomic mass is 16.1. The van der Waals surface area contributed by atoms with E-state index in [1.807, 2.05) is 19.1 Å². The SMILES string of the molecule is CC1=C(CC/C(C)=C/C=C\C(C)=C\C=O)C(C)(C)CCC1. The van der Waals surface area contributed by atoms with Gasteiger partial charge in [-0.3, -0.25) is 4.79 Å². The standard InChI is InChI=1S/C20H30O/c1-16(8-6-9-17(2)13-15-21)11-12-19-18(3)10-7-14-20(19,4)5/h6,8-9,13,15H,7,10-12,14H2,1-5H3/b9-6-,16-8+,17-13+. The van der Waals surface area contributed by atoms with Gasteiger partial charge in [0.25, 0.3) is 0 Å². The molecule has 1 heteroatoms. The molecule has 0 heterocycles. The quantitative estimate of drug-likeness (QED) is 0.255. The van der Waals surface area contributed by atoms with Gasteiger partial charge in [-0.2, -0.15) is 0 Å². The monoisotopic (exact) mass is 286 g/mol. The second kappa shape index (κ2) is 8.17. The molecule has 0 saturated heterocycles. The Balaban J connectivity index is 2.62. The molecule has 0 bridgehead atoms. The van der Waals surface area contributed by atoms with Crippen molar-refractivity contribution in [2.45, 2.75) is 66.7 Å². The van der Waals surface area contributed by atoms with Gasteiger partial charge in [0, 0.05) is 0 Å². The van der Waals surface area contributed by atoms with Gasteiger partial charge >= 0.3 is 0 Å². The minimum atomic E-state index is 0.377. The first-order valence-electron chi connectivity index (χ1n) is 8.02. The topological polar surface area (TPSA) is 17.1 Å². The number of hydrogen-bond acceptors (Lipinski definition) is 1. The van der Waals surface area contributed by atoms with Crippen LogP contribution in [0.3, 0.4) is 0 Å². The molecule has 0 aromatic rings. The van der Waals surface area contributed by atoms with Crippen LogP contribution in [0.2, 0.25) is 0 Å². The third kappa shape index (κ3) is 5.87. The van der Waals surface area contributed by atoms with E-state index >= 15 is 0 Å². The van der Waals surface area contributed by atoms with Gasteiger partial charge in [0.05, 0.1) is 0 Å². The Morgan fingerprint density at radius 1 is 1.24 bits per heavy atom. The Morgan fingerprint density at radius 3 is 2.57 bits per heavy atom.